The first-order valence-corrected chi connectivity index (χ1v) is 10.6. The molecule has 0 aromatic heterocycles. The summed E-state index contributed by atoms with van der Waals surface area (Å²) in [7, 11) is 0. The van der Waals surface area contributed by atoms with Crippen LogP contribution >= 0.6 is 0 Å². The van der Waals surface area contributed by atoms with Gasteiger partial charge in [0.25, 0.3) is 0 Å². The average Bonchev–Trinajstić information content (AvgIpc) is 2.59. The molecule has 0 saturated carbocycles. The molecule has 4 heteroatoms. The summed E-state index contributed by atoms with van der Waals surface area (Å²) >= 11 is 0. The number of hydrogen-bond acceptors (Lipinski definition) is 3. The van der Waals surface area contributed by atoms with Crippen molar-refractivity contribution < 1.29 is 19.4 Å². The Kier molecular flexibility index (Phi) is 19.2. The average molecular weight is 359 g/mol. The van der Waals surface area contributed by atoms with Gasteiger partial charge in [-0.3, -0.25) is 0 Å². The van der Waals surface area contributed by atoms with Gasteiger partial charge in [0.15, 0.2) is 6.29 Å². The molecule has 0 aliphatic heterocycles. The zero-order valence-corrected chi connectivity index (χ0v) is 16.8. The highest BCUT2D eigenvalue weighted by Crippen LogP contribution is 2.13. The number of hydrogen-bond donors (Lipinski definition) is 1. The monoisotopic (exact) mass is 358 g/mol. The Morgan fingerprint density at radius 2 is 1.12 bits per heavy atom. The van der Waals surface area contributed by atoms with E-state index in [0.717, 1.165) is 6.42 Å². The Bertz CT molecular complexity index is 281. The van der Waals surface area contributed by atoms with Crippen LogP contribution in [-0.2, 0) is 14.3 Å². The molecule has 0 amide bonds. The van der Waals surface area contributed by atoms with Crippen LogP contribution < -0.4 is 0 Å². The van der Waals surface area contributed by atoms with Gasteiger partial charge < -0.3 is 14.6 Å². The highest BCUT2D eigenvalue weighted by molar-refractivity contribution is 5.67. The fourth-order valence-electron chi connectivity index (χ4n) is 2.96. The van der Waals surface area contributed by atoms with Gasteiger partial charge in [0.1, 0.15) is 6.61 Å². The smallest absolute Gasteiger partial charge is 0.329 e. The van der Waals surface area contributed by atoms with Crippen LogP contribution in [-0.4, -0.2) is 30.6 Å². The molecule has 0 saturated heterocycles. The van der Waals surface area contributed by atoms with Gasteiger partial charge in [0, 0.05) is 6.61 Å². The molecule has 0 fully saturated rings. The van der Waals surface area contributed by atoms with E-state index in [4.69, 9.17) is 14.6 Å². The second-order valence-corrected chi connectivity index (χ2v) is 7.09. The molecule has 150 valence electrons. The predicted octanol–water partition coefficient (Wildman–Crippen LogP) is 6.32. The molecule has 25 heavy (non-hydrogen) atoms. The van der Waals surface area contributed by atoms with Crippen molar-refractivity contribution in [3.8, 4) is 0 Å². The molecule has 0 rings (SSSR count). The quantitative estimate of drug-likeness (QED) is 0.204. The Labute approximate surface area is 155 Å². The molecule has 0 aromatic rings. The van der Waals surface area contributed by atoms with E-state index < -0.39 is 12.3 Å². The Balaban J connectivity index is 3.08. The maximum atomic E-state index is 10.3. The number of carboxylic acids is 1. The number of unbranched alkanes of at least 4 members (excludes halogenated alkanes) is 14. The summed E-state index contributed by atoms with van der Waals surface area (Å²) in [5.74, 6) is -0.956. The molecule has 0 bridgehead atoms. The Morgan fingerprint density at radius 1 is 0.720 bits per heavy atom. The van der Waals surface area contributed by atoms with Crippen molar-refractivity contribution in [2.45, 2.75) is 116 Å². The molecular weight excluding hydrogens is 316 g/mol. The first-order chi connectivity index (χ1) is 12.2. The molecule has 4 nitrogen and oxygen atoms in total. The lowest BCUT2D eigenvalue weighted by Crippen LogP contribution is -2.18. The third-order valence-electron chi connectivity index (χ3n) is 4.54. The maximum absolute atomic E-state index is 10.3. The van der Waals surface area contributed by atoms with Crippen molar-refractivity contribution in [2.24, 2.45) is 0 Å². The molecule has 1 N–H and O–H groups in total. The summed E-state index contributed by atoms with van der Waals surface area (Å²) in [5.41, 5.74) is 0. The molecule has 0 heterocycles. The maximum Gasteiger partial charge on any atom is 0.329 e. The molecule has 1 unspecified atom stereocenters. The van der Waals surface area contributed by atoms with Gasteiger partial charge in [-0.2, -0.15) is 0 Å². The largest absolute Gasteiger partial charge is 0.480 e. The van der Waals surface area contributed by atoms with E-state index in [9.17, 15) is 4.79 Å². The van der Waals surface area contributed by atoms with E-state index in [1.165, 1.54) is 89.9 Å². The Hall–Kier alpha value is -0.610. The second kappa shape index (κ2) is 19.7. The molecular formula is C21H42O4. The molecule has 1 atom stereocenters. The van der Waals surface area contributed by atoms with Crippen molar-refractivity contribution >= 4 is 5.97 Å². The van der Waals surface area contributed by atoms with Gasteiger partial charge in [0.05, 0.1) is 0 Å². The highest BCUT2D eigenvalue weighted by atomic mass is 16.7. The molecule has 0 spiro atoms. The second-order valence-electron chi connectivity index (χ2n) is 7.09. The SMILES string of the molecule is CCCCCCCCCCCCCCCCCOC(C)OCC(=O)O. The number of carbonyl (C=O) groups is 1. The van der Waals surface area contributed by atoms with E-state index in [2.05, 4.69) is 6.92 Å². The van der Waals surface area contributed by atoms with Gasteiger partial charge >= 0.3 is 5.97 Å². The summed E-state index contributed by atoms with van der Waals surface area (Å²) in [6, 6.07) is 0. The lowest BCUT2D eigenvalue weighted by molar-refractivity contribution is -0.163. The fraction of sp³-hybridized carbons (Fsp3) is 0.952. The van der Waals surface area contributed by atoms with Crippen molar-refractivity contribution in [3.05, 3.63) is 0 Å². The predicted molar refractivity (Wildman–Crippen MR) is 104 cm³/mol. The minimum absolute atomic E-state index is 0.292. The minimum atomic E-state index is -0.956. The van der Waals surface area contributed by atoms with Gasteiger partial charge in [-0.15, -0.1) is 0 Å². The van der Waals surface area contributed by atoms with E-state index in [-0.39, 0.29) is 6.61 Å². The zero-order chi connectivity index (χ0) is 18.6. The van der Waals surface area contributed by atoms with Crippen LogP contribution in [0.3, 0.4) is 0 Å². The number of rotatable bonds is 20. The van der Waals surface area contributed by atoms with Gasteiger partial charge in [-0.25, -0.2) is 4.79 Å². The third-order valence-corrected chi connectivity index (χ3v) is 4.54. The standard InChI is InChI=1S/C21H42O4/c1-3-4-5-6-7-8-9-10-11-12-13-14-15-16-17-18-24-20(2)25-19-21(22)23/h20H,3-19H2,1-2H3,(H,22,23). The lowest BCUT2D eigenvalue weighted by Gasteiger charge is -2.12. The molecule has 0 aromatic carbocycles. The molecule has 0 aliphatic rings. The number of aliphatic carboxylic acids is 1. The van der Waals surface area contributed by atoms with Crippen LogP contribution in [0, 0.1) is 0 Å². The fourth-order valence-corrected chi connectivity index (χ4v) is 2.96. The van der Waals surface area contributed by atoms with Gasteiger partial charge in [-0.05, 0) is 13.3 Å². The minimum Gasteiger partial charge on any atom is -0.480 e. The van der Waals surface area contributed by atoms with Gasteiger partial charge in [-0.1, -0.05) is 96.8 Å². The first kappa shape index (κ1) is 24.4. The van der Waals surface area contributed by atoms with E-state index in [1.54, 1.807) is 6.92 Å². The normalized spacial score (nSPS) is 12.4. The third kappa shape index (κ3) is 21.3. The summed E-state index contributed by atoms with van der Waals surface area (Å²) in [6.45, 7) is 4.38. The van der Waals surface area contributed by atoms with Crippen LogP contribution in [0.4, 0.5) is 0 Å². The summed E-state index contributed by atoms with van der Waals surface area (Å²) in [5, 5.41) is 8.49. The summed E-state index contributed by atoms with van der Waals surface area (Å²) in [6.07, 6.45) is 19.8. The number of ether oxygens (including phenoxy) is 2. The highest BCUT2D eigenvalue weighted by Gasteiger charge is 2.04. The van der Waals surface area contributed by atoms with E-state index >= 15 is 0 Å². The number of carboxylic acid groups (broad SMARTS) is 1. The van der Waals surface area contributed by atoms with Crippen molar-refractivity contribution in [1.82, 2.24) is 0 Å². The van der Waals surface area contributed by atoms with Crippen molar-refractivity contribution in [2.75, 3.05) is 13.2 Å². The zero-order valence-electron chi connectivity index (χ0n) is 16.8. The van der Waals surface area contributed by atoms with Crippen LogP contribution in [0.25, 0.3) is 0 Å². The van der Waals surface area contributed by atoms with E-state index in [0.29, 0.717) is 6.61 Å². The van der Waals surface area contributed by atoms with Gasteiger partial charge in [0.2, 0.25) is 0 Å². The molecule has 0 aliphatic carbocycles. The van der Waals surface area contributed by atoms with Crippen LogP contribution in [0.2, 0.25) is 0 Å². The van der Waals surface area contributed by atoms with Crippen LogP contribution in [0.5, 0.6) is 0 Å². The summed E-state index contributed by atoms with van der Waals surface area (Å²) < 4.78 is 10.4. The molecule has 0 radical (unpaired) electrons. The van der Waals surface area contributed by atoms with Crippen molar-refractivity contribution in [1.29, 1.82) is 0 Å². The first-order valence-electron chi connectivity index (χ1n) is 10.6. The Morgan fingerprint density at radius 3 is 1.52 bits per heavy atom. The van der Waals surface area contributed by atoms with Crippen LogP contribution in [0.1, 0.15) is 110 Å². The lowest BCUT2D eigenvalue weighted by atomic mass is 10.0. The summed E-state index contributed by atoms with van der Waals surface area (Å²) in [4.78, 5) is 10.3. The topological polar surface area (TPSA) is 55.8 Å². The van der Waals surface area contributed by atoms with Crippen LogP contribution in [0.15, 0.2) is 0 Å². The van der Waals surface area contributed by atoms with E-state index in [1.807, 2.05) is 0 Å². The van der Waals surface area contributed by atoms with Crippen molar-refractivity contribution in [3.63, 3.8) is 0 Å².